The van der Waals surface area contributed by atoms with Crippen molar-refractivity contribution >= 4 is 35.6 Å². The molecule has 0 aliphatic carbocycles. The standard InChI is InChI=1S/C14H21F3N4.HI/c1-3-11-5-4-6-12(9-11)20-13(18)19-7-8-21(2)10-14(15,16)17;/h4-6,9H,3,7-8,10H2,1-2H3,(H3,18,19,20);1H. The lowest BCUT2D eigenvalue weighted by molar-refractivity contribution is -0.142. The van der Waals surface area contributed by atoms with Crippen LogP contribution in [0.5, 0.6) is 0 Å². The lowest BCUT2D eigenvalue weighted by Gasteiger charge is -2.17. The third kappa shape index (κ3) is 9.08. The van der Waals surface area contributed by atoms with Crippen molar-refractivity contribution < 1.29 is 13.2 Å². The fourth-order valence-corrected chi connectivity index (χ4v) is 1.78. The summed E-state index contributed by atoms with van der Waals surface area (Å²) < 4.78 is 36.4. The van der Waals surface area contributed by atoms with Crippen LogP contribution in [0.4, 0.5) is 18.9 Å². The van der Waals surface area contributed by atoms with E-state index in [1.54, 1.807) is 0 Å². The van der Waals surface area contributed by atoms with Crippen molar-refractivity contribution in [2.45, 2.75) is 19.5 Å². The van der Waals surface area contributed by atoms with Crippen LogP contribution in [0.15, 0.2) is 29.3 Å². The summed E-state index contributed by atoms with van der Waals surface area (Å²) in [5, 5.41) is 2.93. The van der Waals surface area contributed by atoms with Crippen LogP contribution >= 0.6 is 24.0 Å². The van der Waals surface area contributed by atoms with Gasteiger partial charge in [-0.2, -0.15) is 13.2 Å². The number of nitrogens with zero attached hydrogens (tertiary/aromatic N) is 2. The van der Waals surface area contributed by atoms with Crippen LogP contribution in [0, 0.1) is 0 Å². The largest absolute Gasteiger partial charge is 0.401 e. The molecule has 0 saturated heterocycles. The van der Waals surface area contributed by atoms with E-state index in [-0.39, 0.29) is 43.0 Å². The lowest BCUT2D eigenvalue weighted by Crippen LogP contribution is -2.33. The molecule has 0 unspecified atom stereocenters. The fourth-order valence-electron chi connectivity index (χ4n) is 1.78. The smallest absolute Gasteiger partial charge is 0.370 e. The van der Waals surface area contributed by atoms with Crippen LogP contribution in [0.3, 0.4) is 0 Å². The Balaban J connectivity index is 0.00000441. The Morgan fingerprint density at radius 2 is 2.05 bits per heavy atom. The molecular weight excluding hydrogens is 408 g/mol. The second kappa shape index (κ2) is 9.88. The molecule has 126 valence electrons. The number of guanidine groups is 1. The van der Waals surface area contributed by atoms with Gasteiger partial charge in [-0.25, -0.2) is 0 Å². The zero-order valence-corrected chi connectivity index (χ0v) is 15.0. The van der Waals surface area contributed by atoms with Crippen molar-refractivity contribution in [3.63, 3.8) is 0 Å². The summed E-state index contributed by atoms with van der Waals surface area (Å²) in [6.45, 7) is 1.50. The first kappa shape index (κ1) is 21.0. The highest BCUT2D eigenvalue weighted by Gasteiger charge is 2.28. The third-order valence-electron chi connectivity index (χ3n) is 2.82. The van der Waals surface area contributed by atoms with E-state index in [2.05, 4.69) is 10.3 Å². The summed E-state index contributed by atoms with van der Waals surface area (Å²) in [6.07, 6.45) is -3.28. The molecule has 1 rings (SSSR count). The Hall–Kier alpha value is -1.03. The second-order valence-electron chi connectivity index (χ2n) is 4.80. The van der Waals surface area contributed by atoms with E-state index in [0.717, 1.165) is 22.6 Å². The molecule has 1 aromatic rings. The average molecular weight is 430 g/mol. The SMILES string of the molecule is CCc1cccc(NC(N)=NCCN(C)CC(F)(F)F)c1.I. The zero-order valence-electron chi connectivity index (χ0n) is 12.7. The van der Waals surface area contributed by atoms with E-state index in [1.165, 1.54) is 7.05 Å². The number of halogens is 4. The van der Waals surface area contributed by atoms with Gasteiger partial charge in [-0.15, -0.1) is 24.0 Å². The van der Waals surface area contributed by atoms with E-state index in [0.29, 0.717) is 0 Å². The predicted octanol–water partition coefficient (Wildman–Crippen LogP) is 3.09. The molecule has 0 aliphatic heterocycles. The van der Waals surface area contributed by atoms with Crippen LogP contribution in [-0.2, 0) is 6.42 Å². The Morgan fingerprint density at radius 1 is 1.36 bits per heavy atom. The maximum atomic E-state index is 12.1. The summed E-state index contributed by atoms with van der Waals surface area (Å²) in [6, 6.07) is 7.73. The first-order valence-corrected chi connectivity index (χ1v) is 6.71. The van der Waals surface area contributed by atoms with Crippen molar-refractivity contribution in [2.75, 3.05) is 32.0 Å². The molecule has 0 atom stereocenters. The Kier molecular flexibility index (Phi) is 9.42. The minimum absolute atomic E-state index is 0. The van der Waals surface area contributed by atoms with Crippen molar-refractivity contribution in [1.82, 2.24) is 4.90 Å². The number of benzene rings is 1. The van der Waals surface area contributed by atoms with Crippen LogP contribution in [0.25, 0.3) is 0 Å². The molecule has 0 fully saturated rings. The highest BCUT2D eigenvalue weighted by atomic mass is 127. The summed E-state index contributed by atoms with van der Waals surface area (Å²) in [4.78, 5) is 5.18. The predicted molar refractivity (Wildman–Crippen MR) is 94.9 cm³/mol. The average Bonchev–Trinajstić information content (AvgIpc) is 2.36. The molecular formula is C14H22F3IN4. The van der Waals surface area contributed by atoms with Gasteiger partial charge in [0.2, 0.25) is 0 Å². The van der Waals surface area contributed by atoms with Gasteiger partial charge in [-0.1, -0.05) is 19.1 Å². The summed E-state index contributed by atoms with van der Waals surface area (Å²) >= 11 is 0. The van der Waals surface area contributed by atoms with E-state index in [9.17, 15) is 13.2 Å². The van der Waals surface area contributed by atoms with Crippen LogP contribution in [0.1, 0.15) is 12.5 Å². The highest BCUT2D eigenvalue weighted by Crippen LogP contribution is 2.15. The number of rotatable bonds is 6. The molecule has 4 nitrogen and oxygen atoms in total. The summed E-state index contributed by atoms with van der Waals surface area (Å²) in [7, 11) is 1.40. The number of nitrogens with two attached hydrogens (primary N) is 1. The molecule has 0 aromatic heterocycles. The van der Waals surface area contributed by atoms with Crippen LogP contribution in [0.2, 0.25) is 0 Å². The number of likely N-dealkylation sites (N-methyl/N-ethyl adjacent to an activating group) is 1. The minimum atomic E-state index is -4.19. The topological polar surface area (TPSA) is 53.6 Å². The number of aryl methyl sites for hydroxylation is 1. The lowest BCUT2D eigenvalue weighted by atomic mass is 10.1. The number of aliphatic imine (C=N–C) groups is 1. The van der Waals surface area contributed by atoms with Gasteiger partial charge in [0.25, 0.3) is 0 Å². The molecule has 0 bridgehead atoms. The van der Waals surface area contributed by atoms with Gasteiger partial charge in [-0.3, -0.25) is 9.89 Å². The molecule has 0 spiro atoms. The Labute approximate surface area is 146 Å². The first-order chi connectivity index (χ1) is 9.80. The van der Waals surface area contributed by atoms with Gasteiger partial charge in [0, 0.05) is 12.2 Å². The molecule has 0 aliphatic rings. The molecule has 1 aromatic carbocycles. The van der Waals surface area contributed by atoms with Gasteiger partial charge in [-0.05, 0) is 31.2 Å². The molecule has 0 radical (unpaired) electrons. The molecule has 3 N–H and O–H groups in total. The molecule has 8 heteroatoms. The highest BCUT2D eigenvalue weighted by molar-refractivity contribution is 14.0. The van der Waals surface area contributed by atoms with Gasteiger partial charge >= 0.3 is 6.18 Å². The number of anilines is 1. The van der Waals surface area contributed by atoms with Crippen LogP contribution in [-0.4, -0.2) is 43.7 Å². The van der Waals surface area contributed by atoms with Gasteiger partial charge in [0.1, 0.15) is 0 Å². The second-order valence-corrected chi connectivity index (χ2v) is 4.80. The minimum Gasteiger partial charge on any atom is -0.370 e. The number of hydrogen-bond acceptors (Lipinski definition) is 2. The normalized spacial score (nSPS) is 12.2. The van der Waals surface area contributed by atoms with Crippen molar-refractivity contribution in [2.24, 2.45) is 10.7 Å². The first-order valence-electron chi connectivity index (χ1n) is 6.71. The quantitative estimate of drug-likeness (QED) is 0.415. The van der Waals surface area contributed by atoms with Crippen molar-refractivity contribution in [1.29, 1.82) is 0 Å². The van der Waals surface area contributed by atoms with Crippen molar-refractivity contribution in [3.8, 4) is 0 Å². The maximum absolute atomic E-state index is 12.1. The molecule has 22 heavy (non-hydrogen) atoms. The van der Waals surface area contributed by atoms with Gasteiger partial charge < -0.3 is 11.1 Å². The maximum Gasteiger partial charge on any atom is 0.401 e. The Bertz CT molecular complexity index is 477. The van der Waals surface area contributed by atoms with E-state index < -0.39 is 12.7 Å². The third-order valence-corrected chi connectivity index (χ3v) is 2.82. The van der Waals surface area contributed by atoms with Gasteiger partial charge in [0.05, 0.1) is 13.1 Å². The summed E-state index contributed by atoms with van der Waals surface area (Å²) in [5.74, 6) is 0.198. The van der Waals surface area contributed by atoms with E-state index in [1.807, 2.05) is 31.2 Å². The number of nitrogens with one attached hydrogen (secondary N) is 1. The van der Waals surface area contributed by atoms with Crippen molar-refractivity contribution in [3.05, 3.63) is 29.8 Å². The summed E-state index contributed by atoms with van der Waals surface area (Å²) in [5.41, 5.74) is 7.69. The van der Waals surface area contributed by atoms with Crippen LogP contribution < -0.4 is 11.1 Å². The Morgan fingerprint density at radius 3 is 2.64 bits per heavy atom. The molecule has 0 heterocycles. The van der Waals surface area contributed by atoms with E-state index in [4.69, 9.17) is 5.73 Å². The molecule has 0 saturated carbocycles. The van der Waals surface area contributed by atoms with E-state index >= 15 is 0 Å². The van der Waals surface area contributed by atoms with Gasteiger partial charge in [0.15, 0.2) is 5.96 Å². The molecule has 0 amide bonds. The monoisotopic (exact) mass is 430 g/mol. The fraction of sp³-hybridized carbons (Fsp3) is 0.500. The number of hydrogen-bond donors (Lipinski definition) is 2. The number of alkyl halides is 3. The zero-order chi connectivity index (χ0) is 15.9.